The van der Waals surface area contributed by atoms with Gasteiger partial charge in [-0.15, -0.1) is 0 Å². The lowest BCUT2D eigenvalue weighted by molar-refractivity contribution is -0.118. The van der Waals surface area contributed by atoms with Gasteiger partial charge in [-0.2, -0.15) is 0 Å². The molecule has 0 aromatic heterocycles. The molecule has 2 N–H and O–H groups in total. The summed E-state index contributed by atoms with van der Waals surface area (Å²) in [4.78, 5) is 0. The number of rotatable bonds is 0. The van der Waals surface area contributed by atoms with Crippen LogP contribution in [0.25, 0.3) is 0 Å². The van der Waals surface area contributed by atoms with E-state index in [1.54, 1.807) is 32.1 Å². The van der Waals surface area contributed by atoms with E-state index in [0.29, 0.717) is 6.04 Å². The van der Waals surface area contributed by atoms with Gasteiger partial charge in [-0.25, -0.2) is 0 Å². The molecule has 5 fully saturated rings. The minimum absolute atomic E-state index is 0.598. The predicted molar refractivity (Wildman–Crippen MR) is 59.2 cm³/mol. The highest BCUT2D eigenvalue weighted by Gasteiger charge is 2.94. The van der Waals surface area contributed by atoms with Crippen LogP contribution in [-0.4, -0.2) is 6.04 Å². The molecular weight excluding hydrogens is 182 g/mol. The molecule has 0 bridgehead atoms. The van der Waals surface area contributed by atoms with Gasteiger partial charge >= 0.3 is 0 Å². The van der Waals surface area contributed by atoms with Crippen LogP contribution >= 0.6 is 0 Å². The molecule has 0 saturated heterocycles. The van der Waals surface area contributed by atoms with Gasteiger partial charge in [0.05, 0.1) is 0 Å². The zero-order chi connectivity index (χ0) is 9.89. The monoisotopic (exact) mass is 203 g/mol. The van der Waals surface area contributed by atoms with Crippen molar-refractivity contribution in [2.45, 2.75) is 57.4 Å². The van der Waals surface area contributed by atoms with E-state index in [0.717, 1.165) is 28.1 Å². The first-order valence-electron chi connectivity index (χ1n) is 7.03. The second kappa shape index (κ2) is 1.92. The maximum atomic E-state index is 6.28. The maximum Gasteiger partial charge on any atom is 0.00783 e. The van der Waals surface area contributed by atoms with E-state index in [2.05, 4.69) is 0 Å². The van der Waals surface area contributed by atoms with Crippen molar-refractivity contribution in [3.8, 4) is 0 Å². The summed E-state index contributed by atoms with van der Waals surface area (Å²) in [5.74, 6) is 2.05. The van der Waals surface area contributed by atoms with E-state index in [-0.39, 0.29) is 0 Å². The van der Waals surface area contributed by atoms with Crippen molar-refractivity contribution in [1.29, 1.82) is 0 Å². The normalized spacial score (nSPS) is 53.8. The Balaban J connectivity index is 1.59. The fourth-order valence-corrected chi connectivity index (χ4v) is 7.06. The van der Waals surface area contributed by atoms with Gasteiger partial charge in [-0.1, -0.05) is 12.8 Å². The van der Waals surface area contributed by atoms with Crippen LogP contribution in [-0.2, 0) is 0 Å². The lowest BCUT2D eigenvalue weighted by Crippen LogP contribution is -2.63. The van der Waals surface area contributed by atoms with Gasteiger partial charge < -0.3 is 5.73 Å². The highest BCUT2D eigenvalue weighted by molar-refractivity contribution is 5.42. The molecule has 3 spiro atoms. The SMILES string of the molecule is NC1CC2CC3(C12)C1(CCC1)C31CCC1. The summed E-state index contributed by atoms with van der Waals surface area (Å²) in [6.07, 6.45) is 12.3. The predicted octanol–water partition coefficient (Wildman–Crippen LogP) is 2.69. The molecule has 3 unspecified atom stereocenters. The smallest absolute Gasteiger partial charge is 0.00783 e. The van der Waals surface area contributed by atoms with Crippen LogP contribution in [0, 0.1) is 28.1 Å². The summed E-state index contributed by atoms with van der Waals surface area (Å²) >= 11 is 0. The highest BCUT2D eigenvalue weighted by Crippen LogP contribution is 3.00. The molecule has 15 heavy (non-hydrogen) atoms. The topological polar surface area (TPSA) is 26.0 Å². The summed E-state index contributed by atoms with van der Waals surface area (Å²) in [6, 6.07) is 0.598. The lowest BCUT2D eigenvalue weighted by atomic mass is 9.43. The van der Waals surface area contributed by atoms with Crippen LogP contribution in [0.5, 0.6) is 0 Å². The summed E-state index contributed by atoms with van der Waals surface area (Å²) in [6.45, 7) is 0. The molecule has 0 heterocycles. The molecule has 1 heteroatoms. The Morgan fingerprint density at radius 3 is 1.87 bits per heavy atom. The molecule has 0 aromatic carbocycles. The zero-order valence-corrected chi connectivity index (χ0v) is 9.47. The molecule has 0 radical (unpaired) electrons. The zero-order valence-electron chi connectivity index (χ0n) is 9.47. The first kappa shape index (κ1) is 8.11. The molecule has 0 aliphatic heterocycles. The molecule has 5 saturated carbocycles. The fourth-order valence-electron chi connectivity index (χ4n) is 7.06. The van der Waals surface area contributed by atoms with E-state index in [4.69, 9.17) is 5.73 Å². The largest absolute Gasteiger partial charge is 0.327 e. The Morgan fingerprint density at radius 2 is 1.53 bits per heavy atom. The fraction of sp³-hybridized carbons (Fsp3) is 1.00. The Hall–Kier alpha value is -0.0400. The molecule has 5 rings (SSSR count). The summed E-state index contributed by atoms with van der Waals surface area (Å²) in [5.41, 5.74) is 8.81. The van der Waals surface area contributed by atoms with Gasteiger partial charge in [-0.05, 0) is 66.6 Å². The van der Waals surface area contributed by atoms with E-state index in [1.807, 2.05) is 0 Å². The number of nitrogens with two attached hydrogens (primary N) is 1. The lowest BCUT2D eigenvalue weighted by Gasteiger charge is -2.62. The Labute approximate surface area is 91.8 Å². The average molecular weight is 203 g/mol. The summed E-state index contributed by atoms with van der Waals surface area (Å²) < 4.78 is 0. The second-order valence-electron chi connectivity index (χ2n) is 7.23. The Morgan fingerprint density at radius 1 is 0.933 bits per heavy atom. The molecule has 1 nitrogen and oxygen atoms in total. The summed E-state index contributed by atoms with van der Waals surface area (Å²) in [5, 5.41) is 0. The van der Waals surface area contributed by atoms with Gasteiger partial charge in [0.2, 0.25) is 0 Å². The van der Waals surface area contributed by atoms with Crippen LogP contribution in [0.15, 0.2) is 0 Å². The van der Waals surface area contributed by atoms with Crippen LogP contribution < -0.4 is 5.73 Å². The minimum Gasteiger partial charge on any atom is -0.327 e. The Bertz CT molecular complexity index is 326. The van der Waals surface area contributed by atoms with E-state index in [1.165, 1.54) is 19.3 Å². The summed E-state index contributed by atoms with van der Waals surface area (Å²) in [7, 11) is 0. The van der Waals surface area contributed by atoms with Crippen LogP contribution in [0.2, 0.25) is 0 Å². The Kier molecular flexibility index (Phi) is 1.04. The van der Waals surface area contributed by atoms with E-state index >= 15 is 0 Å². The van der Waals surface area contributed by atoms with Gasteiger partial charge in [0.1, 0.15) is 0 Å². The third kappa shape index (κ3) is 0.488. The third-order valence-electron chi connectivity index (χ3n) is 7.67. The first-order valence-corrected chi connectivity index (χ1v) is 7.03. The van der Waals surface area contributed by atoms with Gasteiger partial charge in [0.15, 0.2) is 0 Å². The van der Waals surface area contributed by atoms with Gasteiger partial charge in [-0.3, -0.25) is 0 Å². The standard InChI is InChI=1S/C14H21N/c15-10-7-9-8-14(11(9)10)12(3-1-4-12)13(14)5-2-6-13/h9-11H,1-8,15H2. The molecule has 0 amide bonds. The molecule has 0 aromatic rings. The van der Waals surface area contributed by atoms with Crippen LogP contribution in [0.4, 0.5) is 0 Å². The molecular formula is C14H21N. The highest BCUT2D eigenvalue weighted by atomic mass is 15.0. The van der Waals surface area contributed by atoms with Crippen LogP contribution in [0.3, 0.4) is 0 Å². The van der Waals surface area contributed by atoms with Crippen molar-refractivity contribution in [1.82, 2.24) is 0 Å². The second-order valence-corrected chi connectivity index (χ2v) is 7.23. The molecule has 82 valence electrons. The van der Waals surface area contributed by atoms with Crippen molar-refractivity contribution in [3.63, 3.8) is 0 Å². The third-order valence-corrected chi connectivity index (χ3v) is 7.67. The van der Waals surface area contributed by atoms with Crippen molar-refractivity contribution in [3.05, 3.63) is 0 Å². The van der Waals surface area contributed by atoms with Gasteiger partial charge in [0.25, 0.3) is 0 Å². The number of fused-ring (bicyclic) bond motifs is 5. The van der Waals surface area contributed by atoms with Crippen molar-refractivity contribution in [2.24, 2.45) is 33.8 Å². The number of hydrogen-bond donors (Lipinski definition) is 1. The molecule has 5 aliphatic carbocycles. The van der Waals surface area contributed by atoms with Gasteiger partial charge in [0, 0.05) is 6.04 Å². The van der Waals surface area contributed by atoms with Crippen LogP contribution in [0.1, 0.15) is 51.4 Å². The average Bonchev–Trinajstić information content (AvgIpc) is 2.60. The quantitative estimate of drug-likeness (QED) is 0.643. The van der Waals surface area contributed by atoms with Crippen molar-refractivity contribution >= 4 is 0 Å². The number of hydrogen-bond acceptors (Lipinski definition) is 1. The molecule has 5 aliphatic rings. The minimum atomic E-state index is 0.598. The van der Waals surface area contributed by atoms with Crippen molar-refractivity contribution < 1.29 is 0 Å². The maximum absolute atomic E-state index is 6.28. The van der Waals surface area contributed by atoms with E-state index in [9.17, 15) is 0 Å². The van der Waals surface area contributed by atoms with Crippen molar-refractivity contribution in [2.75, 3.05) is 0 Å². The van der Waals surface area contributed by atoms with E-state index < -0.39 is 0 Å². The first-order chi connectivity index (χ1) is 7.28. The molecule has 3 atom stereocenters.